The van der Waals surface area contributed by atoms with Gasteiger partial charge >= 0.3 is 0 Å². The third-order valence-corrected chi connectivity index (χ3v) is 5.80. The number of aromatic nitrogens is 4. The molecule has 25 heavy (non-hydrogen) atoms. The Bertz CT molecular complexity index is 740. The largest absolute Gasteiger partial charge is 0.351 e. The molecule has 0 atom stereocenters. The Morgan fingerprint density at radius 3 is 2.76 bits per heavy atom. The molecule has 0 radical (unpaired) electrons. The van der Waals surface area contributed by atoms with E-state index < -0.39 is 0 Å². The van der Waals surface area contributed by atoms with Gasteiger partial charge < -0.3 is 11.1 Å². The van der Waals surface area contributed by atoms with E-state index in [0.29, 0.717) is 23.4 Å². The predicted octanol–water partition coefficient (Wildman–Crippen LogP) is 2.90. The lowest BCUT2D eigenvalue weighted by Gasteiger charge is -2.26. The second-order valence-corrected chi connectivity index (χ2v) is 8.14. The van der Waals surface area contributed by atoms with Crippen LogP contribution in [-0.2, 0) is 13.5 Å². The molecule has 0 unspecified atom stereocenters. The first-order valence-electron chi connectivity index (χ1n) is 9.39. The SMILES string of the molecule is Cn1ncc(-c2ccnc(NC3CCC(N)CC3)n2)c1CC1(C)CC1. The van der Waals surface area contributed by atoms with E-state index in [4.69, 9.17) is 10.7 Å². The Morgan fingerprint density at radius 1 is 1.28 bits per heavy atom. The van der Waals surface area contributed by atoms with Crippen molar-refractivity contribution >= 4 is 5.95 Å². The minimum Gasteiger partial charge on any atom is -0.351 e. The number of hydrogen-bond acceptors (Lipinski definition) is 5. The van der Waals surface area contributed by atoms with Crippen molar-refractivity contribution in [2.75, 3.05) is 5.32 Å². The van der Waals surface area contributed by atoms with Crippen LogP contribution in [0.1, 0.15) is 51.1 Å². The maximum atomic E-state index is 6.00. The van der Waals surface area contributed by atoms with Crippen LogP contribution >= 0.6 is 0 Å². The van der Waals surface area contributed by atoms with Crippen LogP contribution in [0, 0.1) is 5.41 Å². The van der Waals surface area contributed by atoms with Crippen molar-refractivity contribution in [2.45, 2.75) is 64.0 Å². The number of hydrogen-bond donors (Lipinski definition) is 2. The van der Waals surface area contributed by atoms with Crippen LogP contribution in [0.2, 0.25) is 0 Å². The van der Waals surface area contributed by atoms with Crippen molar-refractivity contribution in [3.63, 3.8) is 0 Å². The average Bonchev–Trinajstić information content (AvgIpc) is 3.23. The summed E-state index contributed by atoms with van der Waals surface area (Å²) < 4.78 is 2.00. The van der Waals surface area contributed by atoms with E-state index >= 15 is 0 Å². The first kappa shape index (κ1) is 16.5. The third kappa shape index (κ3) is 3.68. The van der Waals surface area contributed by atoms with E-state index in [1.165, 1.54) is 18.5 Å². The second kappa shape index (κ2) is 6.41. The summed E-state index contributed by atoms with van der Waals surface area (Å²) in [4.78, 5) is 9.19. The molecule has 134 valence electrons. The minimum atomic E-state index is 0.354. The summed E-state index contributed by atoms with van der Waals surface area (Å²) >= 11 is 0. The summed E-state index contributed by atoms with van der Waals surface area (Å²) in [6, 6.07) is 2.76. The van der Waals surface area contributed by atoms with Crippen LogP contribution in [0.5, 0.6) is 0 Å². The van der Waals surface area contributed by atoms with E-state index in [0.717, 1.165) is 43.4 Å². The highest BCUT2D eigenvalue weighted by Crippen LogP contribution is 2.48. The van der Waals surface area contributed by atoms with Crippen LogP contribution in [0.15, 0.2) is 18.5 Å². The number of nitrogens with zero attached hydrogens (tertiary/aromatic N) is 4. The van der Waals surface area contributed by atoms with Gasteiger partial charge in [-0.25, -0.2) is 9.97 Å². The lowest BCUT2D eigenvalue weighted by Crippen LogP contribution is -2.33. The topological polar surface area (TPSA) is 81.7 Å². The highest BCUT2D eigenvalue weighted by Gasteiger charge is 2.38. The van der Waals surface area contributed by atoms with Crippen LogP contribution < -0.4 is 11.1 Å². The fourth-order valence-electron chi connectivity index (χ4n) is 3.71. The number of nitrogens with one attached hydrogen (secondary N) is 1. The number of nitrogens with two attached hydrogens (primary N) is 1. The molecule has 0 saturated heterocycles. The molecule has 0 bridgehead atoms. The Labute approximate surface area is 149 Å². The van der Waals surface area contributed by atoms with Gasteiger partial charge in [0.05, 0.1) is 11.9 Å². The van der Waals surface area contributed by atoms with Crippen molar-refractivity contribution in [1.29, 1.82) is 0 Å². The predicted molar refractivity (Wildman–Crippen MR) is 99.1 cm³/mol. The molecular weight excluding hydrogens is 312 g/mol. The molecule has 2 aliphatic carbocycles. The Balaban J connectivity index is 1.53. The zero-order chi connectivity index (χ0) is 17.4. The van der Waals surface area contributed by atoms with Crippen molar-refractivity contribution in [1.82, 2.24) is 19.7 Å². The number of anilines is 1. The van der Waals surface area contributed by atoms with E-state index in [1.807, 2.05) is 30.2 Å². The molecule has 4 rings (SSSR count). The molecule has 3 N–H and O–H groups in total. The standard InChI is InChI=1S/C19H28N6/c1-19(8-9-19)11-17-15(12-22-25(17)2)16-7-10-21-18(24-16)23-14-5-3-13(20)4-6-14/h7,10,12-14H,3-6,8-9,11,20H2,1-2H3,(H,21,23,24). The van der Waals surface area contributed by atoms with E-state index in [-0.39, 0.29) is 0 Å². The fourth-order valence-corrected chi connectivity index (χ4v) is 3.71. The molecule has 2 aromatic heterocycles. The van der Waals surface area contributed by atoms with Crippen molar-refractivity contribution in [3.8, 4) is 11.3 Å². The smallest absolute Gasteiger partial charge is 0.223 e. The van der Waals surface area contributed by atoms with Gasteiger partial charge in [0.25, 0.3) is 0 Å². The van der Waals surface area contributed by atoms with Gasteiger partial charge in [0.2, 0.25) is 5.95 Å². The summed E-state index contributed by atoms with van der Waals surface area (Å²) in [5, 5.41) is 7.97. The minimum absolute atomic E-state index is 0.354. The van der Waals surface area contributed by atoms with Gasteiger partial charge in [-0.3, -0.25) is 4.68 Å². The summed E-state index contributed by atoms with van der Waals surface area (Å²) in [7, 11) is 2.02. The Kier molecular flexibility index (Phi) is 4.23. The second-order valence-electron chi connectivity index (χ2n) is 8.14. The van der Waals surface area contributed by atoms with Gasteiger partial charge in [-0.2, -0.15) is 5.10 Å². The molecule has 0 aromatic carbocycles. The van der Waals surface area contributed by atoms with Crippen LogP contribution in [-0.4, -0.2) is 31.8 Å². The Morgan fingerprint density at radius 2 is 2.04 bits per heavy atom. The Hall–Kier alpha value is -1.95. The summed E-state index contributed by atoms with van der Waals surface area (Å²) in [6.45, 7) is 2.35. The lowest BCUT2D eigenvalue weighted by molar-refractivity contribution is 0.410. The van der Waals surface area contributed by atoms with Gasteiger partial charge in [-0.05, 0) is 56.4 Å². The molecule has 0 amide bonds. The zero-order valence-electron chi connectivity index (χ0n) is 15.2. The first-order chi connectivity index (χ1) is 12.0. The quantitative estimate of drug-likeness (QED) is 0.874. The third-order valence-electron chi connectivity index (χ3n) is 5.80. The average molecular weight is 340 g/mol. The maximum absolute atomic E-state index is 6.00. The molecule has 2 aliphatic rings. The van der Waals surface area contributed by atoms with Crippen molar-refractivity contribution < 1.29 is 0 Å². The molecule has 6 nitrogen and oxygen atoms in total. The molecule has 2 heterocycles. The molecule has 0 spiro atoms. The maximum Gasteiger partial charge on any atom is 0.223 e. The zero-order valence-corrected chi connectivity index (χ0v) is 15.2. The van der Waals surface area contributed by atoms with Crippen molar-refractivity contribution in [3.05, 3.63) is 24.2 Å². The van der Waals surface area contributed by atoms with Gasteiger partial charge in [0.15, 0.2) is 0 Å². The molecule has 6 heteroatoms. The van der Waals surface area contributed by atoms with E-state index in [1.54, 1.807) is 0 Å². The van der Waals surface area contributed by atoms with Crippen LogP contribution in [0.25, 0.3) is 11.3 Å². The number of aryl methyl sites for hydroxylation is 1. The van der Waals surface area contributed by atoms with Gasteiger partial charge in [-0.15, -0.1) is 0 Å². The normalized spacial score (nSPS) is 24.9. The molecule has 0 aliphatic heterocycles. The van der Waals surface area contributed by atoms with Gasteiger partial charge in [0, 0.05) is 36.6 Å². The monoisotopic (exact) mass is 340 g/mol. The highest BCUT2D eigenvalue weighted by atomic mass is 15.3. The number of rotatable bonds is 5. The fraction of sp³-hybridized carbons (Fsp3) is 0.632. The summed E-state index contributed by atoms with van der Waals surface area (Å²) in [5.74, 6) is 0.713. The molecule has 2 aromatic rings. The highest BCUT2D eigenvalue weighted by molar-refractivity contribution is 5.62. The van der Waals surface area contributed by atoms with Crippen molar-refractivity contribution in [2.24, 2.45) is 18.2 Å². The van der Waals surface area contributed by atoms with E-state index in [2.05, 4.69) is 22.3 Å². The summed E-state index contributed by atoms with van der Waals surface area (Å²) in [5.41, 5.74) is 9.80. The molecular formula is C19H28N6. The molecule has 2 saturated carbocycles. The van der Waals surface area contributed by atoms with Crippen LogP contribution in [0.3, 0.4) is 0 Å². The van der Waals surface area contributed by atoms with Gasteiger partial charge in [0.1, 0.15) is 0 Å². The van der Waals surface area contributed by atoms with Gasteiger partial charge in [-0.1, -0.05) is 6.92 Å². The lowest BCUT2D eigenvalue weighted by atomic mass is 9.92. The van der Waals surface area contributed by atoms with Crippen LogP contribution in [0.4, 0.5) is 5.95 Å². The first-order valence-corrected chi connectivity index (χ1v) is 9.39. The van der Waals surface area contributed by atoms with E-state index in [9.17, 15) is 0 Å². The molecule has 2 fully saturated rings. The summed E-state index contributed by atoms with van der Waals surface area (Å²) in [6.07, 6.45) is 11.8.